The molecule has 1 aromatic heterocycles. The van der Waals surface area contributed by atoms with Crippen LogP contribution in [-0.4, -0.2) is 47.7 Å². The molecule has 3 aromatic rings. The molecular formula is C27H35LiN2O3-2. The molecule has 0 aliphatic carbocycles. The number of benzene rings is 2. The molecule has 0 fully saturated rings. The van der Waals surface area contributed by atoms with Crippen molar-refractivity contribution < 1.29 is 33.5 Å². The first-order chi connectivity index (χ1) is 15.3. The van der Waals surface area contributed by atoms with Crippen LogP contribution in [0.3, 0.4) is 0 Å². The smallest absolute Gasteiger partial charge is 0.554 e. The van der Waals surface area contributed by atoms with Gasteiger partial charge in [-0.25, -0.2) is 4.79 Å². The first kappa shape index (κ1) is 28.6. The molecule has 1 atom stereocenters. The summed E-state index contributed by atoms with van der Waals surface area (Å²) in [5, 5.41) is 9.97. The maximum Gasteiger partial charge on any atom is 1.00 e. The van der Waals surface area contributed by atoms with Crippen molar-refractivity contribution >= 4 is 16.9 Å². The average Bonchev–Trinajstić information content (AvgIpc) is 3.30. The van der Waals surface area contributed by atoms with Gasteiger partial charge >= 0.3 is 24.8 Å². The van der Waals surface area contributed by atoms with Gasteiger partial charge in [-0.2, -0.15) is 31.0 Å². The number of aromatic amines is 1. The molecule has 33 heavy (non-hydrogen) atoms. The predicted octanol–water partition coefficient (Wildman–Crippen LogP) is 2.79. The molecule has 3 rings (SSSR count). The van der Waals surface area contributed by atoms with Crippen LogP contribution in [0.15, 0.2) is 42.6 Å². The van der Waals surface area contributed by atoms with Crippen LogP contribution in [0.25, 0.3) is 10.9 Å². The van der Waals surface area contributed by atoms with Crippen LogP contribution in [0, 0.1) is 33.1 Å². The summed E-state index contributed by atoms with van der Waals surface area (Å²) >= 11 is 0. The third kappa shape index (κ3) is 8.12. The minimum Gasteiger partial charge on any atom is -0.554 e. The van der Waals surface area contributed by atoms with E-state index in [9.17, 15) is 4.79 Å². The second-order valence-corrected chi connectivity index (χ2v) is 8.04. The van der Waals surface area contributed by atoms with E-state index >= 15 is 0 Å². The third-order valence-electron chi connectivity index (χ3n) is 5.66. The number of carboxylic acid groups (broad SMARTS) is 1. The summed E-state index contributed by atoms with van der Waals surface area (Å²) < 4.78 is 5.23. The number of nitrogens with one attached hydrogen (secondary N) is 1. The molecule has 1 unspecified atom stereocenters. The second-order valence-electron chi connectivity index (χ2n) is 8.04. The van der Waals surface area contributed by atoms with Gasteiger partial charge in [0.05, 0.1) is 7.11 Å². The molecule has 1 heterocycles. The minimum atomic E-state index is -0.886. The van der Waals surface area contributed by atoms with Crippen molar-refractivity contribution in [3.05, 3.63) is 85.1 Å². The fourth-order valence-electron chi connectivity index (χ4n) is 3.44. The number of hydrogen-bond donors (Lipinski definition) is 2. The topological polar surface area (TPSA) is 65.6 Å². The Kier molecular flexibility index (Phi) is 12.1. The Labute approximate surface area is 210 Å². The zero-order chi connectivity index (χ0) is 23.7. The molecule has 2 N–H and O–H groups in total. The van der Waals surface area contributed by atoms with Crippen molar-refractivity contribution in [1.29, 1.82) is 0 Å². The van der Waals surface area contributed by atoms with Gasteiger partial charge in [0.25, 0.3) is 0 Å². The Morgan fingerprint density at radius 1 is 1.27 bits per heavy atom. The summed E-state index contributed by atoms with van der Waals surface area (Å²) in [5.74, 6) is 0.636. The van der Waals surface area contributed by atoms with Gasteiger partial charge < -0.3 is 26.7 Å². The van der Waals surface area contributed by atoms with Gasteiger partial charge in [0.2, 0.25) is 0 Å². The summed E-state index contributed by atoms with van der Waals surface area (Å²) in [6.45, 7) is 17.1. The summed E-state index contributed by atoms with van der Waals surface area (Å²) in [6, 6.07) is 11.0. The van der Waals surface area contributed by atoms with Crippen molar-refractivity contribution in [2.45, 2.75) is 27.2 Å². The van der Waals surface area contributed by atoms with Gasteiger partial charge in [0.1, 0.15) is 0 Å². The van der Waals surface area contributed by atoms with Crippen molar-refractivity contribution in [2.24, 2.45) is 5.92 Å². The quantitative estimate of drug-likeness (QED) is 0.395. The first-order valence-electron chi connectivity index (χ1n) is 10.9. The number of aromatic nitrogens is 1. The van der Waals surface area contributed by atoms with E-state index in [0.29, 0.717) is 11.5 Å². The SMILES string of the molecule is [CH2-]CN(C[CH-]c1ccc(C(=O)O)cc1)CC(C)CC.[CH2-]c1c(OC)cc(C)c2[nH]ccc12.[Li+]. The number of aromatic carboxylic acids is 1. The van der Waals surface area contributed by atoms with Crippen LogP contribution in [-0.2, 0) is 0 Å². The normalized spacial score (nSPS) is 11.3. The van der Waals surface area contributed by atoms with Gasteiger partial charge in [-0.1, -0.05) is 37.8 Å². The standard InChI is InChI=1S/C16H23NO2.C11H12NO.Li/c1-4-13(3)12-17(5-2)11-10-14-6-8-15(9-7-14)16(18)19;1-7-6-10(13-3)8(2)9-4-5-12-11(7)9;/h6-10,13H,2,4-5,11-12H2,1,3H3,(H,18,19);4-6,12H,2H2,1,3H3;/q-2;-1;+1. The molecule has 0 amide bonds. The zero-order valence-corrected chi connectivity index (χ0v) is 20.6. The van der Waals surface area contributed by atoms with Crippen molar-refractivity contribution in [3.63, 3.8) is 0 Å². The molecule has 0 spiro atoms. The summed E-state index contributed by atoms with van der Waals surface area (Å²) in [5.41, 5.74) is 4.65. The van der Waals surface area contributed by atoms with E-state index in [1.54, 1.807) is 19.2 Å². The fourth-order valence-corrected chi connectivity index (χ4v) is 3.44. The molecule has 5 nitrogen and oxygen atoms in total. The molecule has 0 bridgehead atoms. The van der Waals surface area contributed by atoms with E-state index in [1.165, 1.54) is 12.0 Å². The number of carboxylic acids is 1. The second kappa shape index (κ2) is 13.9. The molecule has 0 saturated heterocycles. The molecule has 0 radical (unpaired) electrons. The van der Waals surface area contributed by atoms with E-state index < -0.39 is 5.97 Å². The molecule has 0 aliphatic heterocycles. The number of H-pyrrole nitrogens is 1. The Balaban J connectivity index is 0.000000339. The summed E-state index contributed by atoms with van der Waals surface area (Å²) in [7, 11) is 1.67. The monoisotopic (exact) mass is 442 g/mol. The maximum absolute atomic E-state index is 10.8. The van der Waals surface area contributed by atoms with E-state index in [-0.39, 0.29) is 18.9 Å². The van der Waals surface area contributed by atoms with Gasteiger partial charge in [-0.3, -0.25) is 0 Å². The van der Waals surface area contributed by atoms with Gasteiger partial charge in [-0.15, -0.1) is 24.2 Å². The molecular weight excluding hydrogens is 407 g/mol. The number of aryl methyl sites for hydroxylation is 1. The van der Waals surface area contributed by atoms with Gasteiger partial charge in [0, 0.05) is 11.3 Å². The number of rotatable bonds is 9. The van der Waals surface area contributed by atoms with Gasteiger partial charge in [-0.05, 0) is 43.2 Å². The van der Waals surface area contributed by atoms with Crippen molar-refractivity contribution in [3.8, 4) is 5.75 Å². The number of carbonyl (C=O) groups is 1. The van der Waals surface area contributed by atoms with Crippen LogP contribution >= 0.6 is 0 Å². The van der Waals surface area contributed by atoms with Crippen LogP contribution in [0.2, 0.25) is 0 Å². The van der Waals surface area contributed by atoms with Gasteiger partial charge in [0.15, 0.2) is 0 Å². The number of hydrogen-bond acceptors (Lipinski definition) is 3. The van der Waals surface area contributed by atoms with E-state index in [1.807, 2.05) is 30.5 Å². The number of ether oxygens (including phenoxy) is 1. The van der Waals surface area contributed by atoms with Crippen molar-refractivity contribution in [1.82, 2.24) is 9.88 Å². The van der Waals surface area contributed by atoms with Crippen molar-refractivity contribution in [2.75, 3.05) is 26.7 Å². The Bertz CT molecular complexity index is 999. The number of fused-ring (bicyclic) bond motifs is 1. The summed E-state index contributed by atoms with van der Waals surface area (Å²) in [4.78, 5) is 16.2. The van der Waals surface area contributed by atoms with Crippen LogP contribution in [0.1, 0.15) is 47.3 Å². The zero-order valence-electron chi connectivity index (χ0n) is 20.6. The van der Waals surface area contributed by atoms with Crippen LogP contribution in [0.4, 0.5) is 0 Å². The fraction of sp³-hybridized carbons (Fsp3) is 0.333. The van der Waals surface area contributed by atoms with E-state index in [4.69, 9.17) is 9.84 Å². The molecule has 0 saturated carbocycles. The molecule has 174 valence electrons. The van der Waals surface area contributed by atoms with E-state index in [2.05, 4.69) is 50.9 Å². The molecule has 0 aliphatic rings. The number of methoxy groups -OCH3 is 1. The molecule has 6 heteroatoms. The Hall–Kier alpha value is -2.45. The third-order valence-corrected chi connectivity index (χ3v) is 5.66. The summed E-state index contributed by atoms with van der Waals surface area (Å²) in [6.07, 6.45) is 5.20. The van der Waals surface area contributed by atoms with Crippen LogP contribution in [0.5, 0.6) is 5.75 Å². The average molecular weight is 443 g/mol. The number of nitrogens with zero attached hydrogens (tertiary/aromatic N) is 1. The Morgan fingerprint density at radius 3 is 2.48 bits per heavy atom. The minimum absolute atomic E-state index is 0. The van der Waals surface area contributed by atoms with E-state index in [0.717, 1.165) is 47.4 Å². The molecule has 2 aromatic carbocycles. The maximum atomic E-state index is 10.8. The Morgan fingerprint density at radius 2 is 1.94 bits per heavy atom. The predicted molar refractivity (Wildman–Crippen MR) is 132 cm³/mol. The largest absolute Gasteiger partial charge is 1.00 e. The first-order valence-corrected chi connectivity index (χ1v) is 10.9. The van der Waals surface area contributed by atoms with Crippen LogP contribution < -0.4 is 23.6 Å².